The highest BCUT2D eigenvalue weighted by Crippen LogP contribution is 2.23. The zero-order valence-electron chi connectivity index (χ0n) is 11.8. The van der Waals surface area contributed by atoms with Gasteiger partial charge in [0.05, 0.1) is 19.5 Å². The van der Waals surface area contributed by atoms with E-state index in [-0.39, 0.29) is 11.9 Å². The molecule has 0 spiro atoms. The Morgan fingerprint density at radius 2 is 1.38 bits per heavy atom. The van der Waals surface area contributed by atoms with Crippen molar-refractivity contribution in [2.75, 3.05) is 7.11 Å². The standard InChI is InChI=1S/C12H18N8O/c1-7-3-8(5-17-19-11(13)14)10(21-2)9(4-7)6-18-20-12(15)16/h3-6H,1-2H3,(H4,13,14,19)(H4,15,16,20)/b17-5+,18-6+. The first kappa shape index (κ1) is 16.0. The summed E-state index contributed by atoms with van der Waals surface area (Å²) in [7, 11) is 1.53. The van der Waals surface area contributed by atoms with Crippen molar-refractivity contribution in [3.8, 4) is 5.75 Å². The third kappa shape index (κ3) is 5.19. The van der Waals surface area contributed by atoms with Crippen LogP contribution < -0.4 is 27.7 Å². The van der Waals surface area contributed by atoms with Gasteiger partial charge in [-0.2, -0.15) is 10.2 Å². The van der Waals surface area contributed by atoms with Gasteiger partial charge in [0.15, 0.2) is 0 Å². The molecule has 0 atom stereocenters. The second-order valence-electron chi connectivity index (χ2n) is 4.02. The Hall–Kier alpha value is -3.10. The molecule has 0 aliphatic heterocycles. The lowest BCUT2D eigenvalue weighted by Crippen LogP contribution is -2.21. The van der Waals surface area contributed by atoms with Crippen LogP contribution in [0.3, 0.4) is 0 Å². The second kappa shape index (κ2) is 7.48. The number of rotatable bonds is 5. The molecule has 1 aromatic rings. The molecule has 0 bridgehead atoms. The minimum Gasteiger partial charge on any atom is -0.495 e. The molecule has 0 unspecified atom stereocenters. The molecule has 112 valence electrons. The Bertz CT molecular complexity index is 561. The van der Waals surface area contributed by atoms with Crippen molar-refractivity contribution >= 4 is 24.3 Å². The summed E-state index contributed by atoms with van der Waals surface area (Å²) in [6.45, 7) is 1.91. The summed E-state index contributed by atoms with van der Waals surface area (Å²) in [5.41, 5.74) is 23.2. The molecule has 21 heavy (non-hydrogen) atoms. The van der Waals surface area contributed by atoms with Crippen molar-refractivity contribution in [1.82, 2.24) is 0 Å². The number of ether oxygens (including phenoxy) is 1. The molecule has 9 heteroatoms. The summed E-state index contributed by atoms with van der Waals surface area (Å²) in [6, 6.07) is 3.73. The average Bonchev–Trinajstić information content (AvgIpc) is 2.37. The Labute approximate surface area is 122 Å². The van der Waals surface area contributed by atoms with E-state index in [1.807, 2.05) is 19.1 Å². The van der Waals surface area contributed by atoms with E-state index >= 15 is 0 Å². The van der Waals surface area contributed by atoms with E-state index in [1.54, 1.807) is 0 Å². The van der Waals surface area contributed by atoms with Crippen LogP contribution in [-0.2, 0) is 0 Å². The number of nitrogens with two attached hydrogens (primary N) is 4. The molecule has 0 saturated heterocycles. The predicted molar refractivity (Wildman–Crippen MR) is 84.5 cm³/mol. The van der Waals surface area contributed by atoms with Gasteiger partial charge in [0.2, 0.25) is 11.9 Å². The van der Waals surface area contributed by atoms with Crippen LogP contribution in [0.25, 0.3) is 0 Å². The Morgan fingerprint density at radius 1 is 0.952 bits per heavy atom. The largest absolute Gasteiger partial charge is 0.495 e. The maximum absolute atomic E-state index is 5.34. The lowest BCUT2D eigenvalue weighted by atomic mass is 10.1. The van der Waals surface area contributed by atoms with E-state index in [2.05, 4.69) is 20.4 Å². The van der Waals surface area contributed by atoms with Crippen LogP contribution in [0, 0.1) is 6.92 Å². The highest BCUT2D eigenvalue weighted by Gasteiger charge is 2.07. The lowest BCUT2D eigenvalue weighted by Gasteiger charge is -2.09. The fraction of sp³-hybridized carbons (Fsp3) is 0.167. The van der Waals surface area contributed by atoms with E-state index in [9.17, 15) is 0 Å². The first-order chi connectivity index (χ1) is 9.93. The molecule has 0 fully saturated rings. The van der Waals surface area contributed by atoms with Crippen LogP contribution >= 0.6 is 0 Å². The Kier molecular flexibility index (Phi) is 5.68. The van der Waals surface area contributed by atoms with Crippen molar-refractivity contribution < 1.29 is 4.74 Å². The predicted octanol–water partition coefficient (Wildman–Crippen LogP) is -0.782. The first-order valence-corrected chi connectivity index (χ1v) is 5.86. The highest BCUT2D eigenvalue weighted by molar-refractivity contribution is 5.93. The third-order valence-corrected chi connectivity index (χ3v) is 2.23. The number of hydrogen-bond donors (Lipinski definition) is 4. The number of aryl methyl sites for hydroxylation is 1. The monoisotopic (exact) mass is 290 g/mol. The normalized spacial score (nSPS) is 10.8. The number of nitrogens with zero attached hydrogens (tertiary/aromatic N) is 4. The zero-order chi connectivity index (χ0) is 15.8. The Morgan fingerprint density at radius 3 is 1.71 bits per heavy atom. The van der Waals surface area contributed by atoms with Crippen LogP contribution in [0.4, 0.5) is 0 Å². The topological polar surface area (TPSA) is 163 Å². The van der Waals surface area contributed by atoms with E-state index in [4.69, 9.17) is 27.7 Å². The van der Waals surface area contributed by atoms with Crippen molar-refractivity contribution in [2.24, 2.45) is 43.3 Å². The fourth-order valence-corrected chi connectivity index (χ4v) is 1.57. The minimum absolute atomic E-state index is 0.132. The van der Waals surface area contributed by atoms with Crippen LogP contribution in [0.15, 0.2) is 32.5 Å². The number of methoxy groups -OCH3 is 1. The molecule has 9 nitrogen and oxygen atoms in total. The number of benzene rings is 1. The molecule has 1 aromatic carbocycles. The lowest BCUT2D eigenvalue weighted by molar-refractivity contribution is 0.413. The molecule has 0 radical (unpaired) electrons. The van der Waals surface area contributed by atoms with Crippen molar-refractivity contribution in [3.05, 3.63) is 28.8 Å². The summed E-state index contributed by atoms with van der Waals surface area (Å²) in [5, 5.41) is 14.6. The van der Waals surface area contributed by atoms with Gasteiger partial charge in [0.25, 0.3) is 0 Å². The SMILES string of the molecule is COc1c(/C=N/N=C(N)N)cc(C)cc1/C=N/N=C(N)N. The summed E-state index contributed by atoms with van der Waals surface area (Å²) >= 11 is 0. The van der Waals surface area contributed by atoms with Gasteiger partial charge in [-0.05, 0) is 24.6 Å². The quantitative estimate of drug-likeness (QED) is 0.317. The van der Waals surface area contributed by atoms with Crippen LogP contribution in [0.2, 0.25) is 0 Å². The molecule has 1 rings (SSSR count). The molecule has 0 aromatic heterocycles. The van der Waals surface area contributed by atoms with Crippen LogP contribution in [0.1, 0.15) is 16.7 Å². The summed E-state index contributed by atoms with van der Waals surface area (Å²) in [4.78, 5) is 0. The summed E-state index contributed by atoms with van der Waals surface area (Å²) < 4.78 is 5.34. The van der Waals surface area contributed by atoms with Crippen LogP contribution in [0.5, 0.6) is 5.75 Å². The molecule has 8 N–H and O–H groups in total. The van der Waals surface area contributed by atoms with Gasteiger partial charge in [0, 0.05) is 11.1 Å². The van der Waals surface area contributed by atoms with Crippen molar-refractivity contribution in [2.45, 2.75) is 6.92 Å². The third-order valence-electron chi connectivity index (χ3n) is 2.23. The van der Waals surface area contributed by atoms with E-state index in [0.717, 1.165) is 5.56 Å². The van der Waals surface area contributed by atoms with Gasteiger partial charge in [0.1, 0.15) is 5.75 Å². The van der Waals surface area contributed by atoms with Gasteiger partial charge < -0.3 is 27.7 Å². The van der Waals surface area contributed by atoms with Gasteiger partial charge in [-0.1, -0.05) is 0 Å². The van der Waals surface area contributed by atoms with Crippen molar-refractivity contribution in [3.63, 3.8) is 0 Å². The first-order valence-electron chi connectivity index (χ1n) is 5.86. The van der Waals surface area contributed by atoms with Gasteiger partial charge in [-0.3, -0.25) is 0 Å². The Balaban J connectivity index is 3.24. The molecule has 0 heterocycles. The molecule has 0 aliphatic rings. The zero-order valence-corrected chi connectivity index (χ0v) is 11.8. The summed E-state index contributed by atoms with van der Waals surface area (Å²) in [6.07, 6.45) is 2.95. The highest BCUT2D eigenvalue weighted by atomic mass is 16.5. The fourth-order valence-electron chi connectivity index (χ4n) is 1.57. The second-order valence-corrected chi connectivity index (χ2v) is 4.02. The molecule has 0 saturated carbocycles. The maximum Gasteiger partial charge on any atom is 0.211 e. The average molecular weight is 290 g/mol. The van der Waals surface area contributed by atoms with Gasteiger partial charge >= 0.3 is 0 Å². The van der Waals surface area contributed by atoms with E-state index in [1.165, 1.54) is 19.5 Å². The molecule has 0 amide bonds. The van der Waals surface area contributed by atoms with Gasteiger partial charge in [-0.25, -0.2) is 0 Å². The van der Waals surface area contributed by atoms with E-state index in [0.29, 0.717) is 16.9 Å². The van der Waals surface area contributed by atoms with Gasteiger partial charge in [-0.15, -0.1) is 10.2 Å². The molecule has 0 aliphatic carbocycles. The minimum atomic E-state index is -0.132. The van der Waals surface area contributed by atoms with E-state index < -0.39 is 0 Å². The number of guanidine groups is 2. The molecular formula is C12H18N8O. The number of hydrogen-bond acceptors (Lipinski definition) is 5. The molecular weight excluding hydrogens is 272 g/mol. The van der Waals surface area contributed by atoms with Crippen molar-refractivity contribution in [1.29, 1.82) is 0 Å². The summed E-state index contributed by atoms with van der Waals surface area (Å²) in [5.74, 6) is 0.282. The maximum atomic E-state index is 5.34. The smallest absolute Gasteiger partial charge is 0.211 e. The van der Waals surface area contributed by atoms with Crippen LogP contribution in [-0.4, -0.2) is 31.5 Å².